The molecule has 0 radical (unpaired) electrons. The maximum atomic E-state index is 12.6. The molecule has 28 heavy (non-hydrogen) atoms. The van der Waals surface area contributed by atoms with Gasteiger partial charge in [-0.1, -0.05) is 26.0 Å². The fraction of sp³-hybridized carbons (Fsp3) is 0.227. The van der Waals surface area contributed by atoms with Crippen molar-refractivity contribution in [1.29, 1.82) is 0 Å². The Bertz CT molecular complexity index is 974. The summed E-state index contributed by atoms with van der Waals surface area (Å²) < 4.78 is 1.76. The third-order valence-electron chi connectivity index (χ3n) is 4.20. The predicted octanol–water partition coefficient (Wildman–Crippen LogP) is 3.82. The van der Waals surface area contributed by atoms with Crippen LogP contribution in [0.1, 0.15) is 40.1 Å². The number of aromatic nitrogens is 2. The first-order chi connectivity index (χ1) is 13.4. The lowest BCUT2D eigenvalue weighted by Gasteiger charge is -2.12. The fourth-order valence-electron chi connectivity index (χ4n) is 2.70. The zero-order chi connectivity index (χ0) is 20.1. The molecule has 0 saturated carbocycles. The van der Waals surface area contributed by atoms with E-state index in [1.165, 1.54) is 0 Å². The van der Waals surface area contributed by atoms with E-state index >= 15 is 0 Å². The van der Waals surface area contributed by atoms with Crippen molar-refractivity contribution in [2.24, 2.45) is 5.92 Å². The second kappa shape index (κ2) is 8.52. The van der Waals surface area contributed by atoms with Crippen LogP contribution in [0.2, 0.25) is 0 Å². The number of benzene rings is 2. The Morgan fingerprint density at radius 1 is 1.04 bits per heavy atom. The second-order valence-corrected chi connectivity index (χ2v) is 7.11. The topological polar surface area (TPSA) is 76.0 Å². The normalized spacial score (nSPS) is 10.7. The molecule has 1 heterocycles. The Hall–Kier alpha value is -3.41. The average molecular weight is 376 g/mol. The summed E-state index contributed by atoms with van der Waals surface area (Å²) in [7, 11) is 0. The maximum absolute atomic E-state index is 12.6. The lowest BCUT2D eigenvalue weighted by atomic mass is 10.1. The van der Waals surface area contributed by atoms with Crippen molar-refractivity contribution in [3.63, 3.8) is 0 Å². The molecule has 2 aromatic carbocycles. The van der Waals surface area contributed by atoms with Crippen LogP contribution in [0.5, 0.6) is 0 Å². The first-order valence-electron chi connectivity index (χ1n) is 9.24. The Morgan fingerprint density at radius 2 is 1.75 bits per heavy atom. The quantitative estimate of drug-likeness (QED) is 0.687. The molecule has 0 fully saturated rings. The number of aryl methyl sites for hydroxylation is 1. The van der Waals surface area contributed by atoms with Crippen LogP contribution in [0.3, 0.4) is 0 Å². The van der Waals surface area contributed by atoms with Gasteiger partial charge in [0.25, 0.3) is 11.8 Å². The lowest BCUT2D eigenvalue weighted by Crippen LogP contribution is -2.28. The molecule has 0 aliphatic heterocycles. The van der Waals surface area contributed by atoms with Crippen LogP contribution in [-0.4, -0.2) is 28.1 Å². The smallest absolute Gasteiger partial charge is 0.255 e. The zero-order valence-corrected chi connectivity index (χ0v) is 16.3. The minimum atomic E-state index is -0.271. The van der Waals surface area contributed by atoms with Crippen molar-refractivity contribution in [3.8, 4) is 5.69 Å². The van der Waals surface area contributed by atoms with Gasteiger partial charge in [-0.15, -0.1) is 0 Å². The molecular formula is C22H24N4O2. The summed E-state index contributed by atoms with van der Waals surface area (Å²) in [5.74, 6) is -0.121. The van der Waals surface area contributed by atoms with Crippen LogP contribution in [0.15, 0.2) is 60.9 Å². The van der Waals surface area contributed by atoms with Crippen molar-refractivity contribution < 1.29 is 9.59 Å². The van der Waals surface area contributed by atoms with Gasteiger partial charge in [0, 0.05) is 18.3 Å². The summed E-state index contributed by atoms with van der Waals surface area (Å²) in [5.41, 5.74) is 3.37. The summed E-state index contributed by atoms with van der Waals surface area (Å²) >= 11 is 0. The molecule has 3 aromatic rings. The van der Waals surface area contributed by atoms with Gasteiger partial charge in [-0.2, -0.15) is 5.10 Å². The van der Waals surface area contributed by atoms with E-state index in [0.29, 0.717) is 29.3 Å². The van der Waals surface area contributed by atoms with E-state index < -0.39 is 0 Å². The Morgan fingerprint density at radius 3 is 2.39 bits per heavy atom. The number of carbonyl (C=O) groups excluding carboxylic acids is 2. The Kier molecular flexibility index (Phi) is 5.89. The van der Waals surface area contributed by atoms with Gasteiger partial charge < -0.3 is 10.6 Å². The van der Waals surface area contributed by atoms with Gasteiger partial charge in [-0.05, 0) is 54.8 Å². The molecule has 0 spiro atoms. The molecule has 3 rings (SSSR count). The first-order valence-corrected chi connectivity index (χ1v) is 9.24. The monoisotopic (exact) mass is 376 g/mol. The fourth-order valence-corrected chi connectivity index (χ4v) is 2.70. The molecule has 0 aliphatic rings. The van der Waals surface area contributed by atoms with E-state index in [-0.39, 0.29) is 11.8 Å². The molecule has 2 N–H and O–H groups in total. The van der Waals surface area contributed by atoms with Gasteiger partial charge >= 0.3 is 0 Å². The number of carbonyl (C=O) groups is 2. The second-order valence-electron chi connectivity index (χ2n) is 7.11. The molecule has 6 heteroatoms. The van der Waals surface area contributed by atoms with Gasteiger partial charge in [0.15, 0.2) is 0 Å². The third kappa shape index (κ3) is 4.65. The highest BCUT2D eigenvalue weighted by molar-refractivity contribution is 6.09. The molecular weight excluding hydrogens is 352 g/mol. The van der Waals surface area contributed by atoms with E-state index in [2.05, 4.69) is 15.7 Å². The number of amides is 2. The molecule has 6 nitrogen and oxygen atoms in total. The zero-order valence-electron chi connectivity index (χ0n) is 16.3. The Balaban J connectivity index is 1.73. The standard InChI is InChI=1S/C22H24N4O2/c1-15(2)12-23-22(28)19-6-4-5-7-20(19)25-21(27)17-8-10-18(11-9-17)26-14-16(3)13-24-26/h4-11,13-15H,12H2,1-3H3,(H,23,28)(H,25,27). The minimum Gasteiger partial charge on any atom is -0.352 e. The summed E-state index contributed by atoms with van der Waals surface area (Å²) in [6.45, 7) is 6.61. The number of nitrogens with one attached hydrogen (secondary N) is 2. The minimum absolute atomic E-state index is 0.200. The first kappa shape index (κ1) is 19.4. The summed E-state index contributed by atoms with van der Waals surface area (Å²) in [5, 5.41) is 9.98. The molecule has 0 bridgehead atoms. The lowest BCUT2D eigenvalue weighted by molar-refractivity contribution is 0.0950. The average Bonchev–Trinajstić information content (AvgIpc) is 3.13. The number of hydrogen-bond donors (Lipinski definition) is 2. The van der Waals surface area contributed by atoms with Crippen LogP contribution in [0.25, 0.3) is 5.69 Å². The molecule has 2 amide bonds. The highest BCUT2D eigenvalue weighted by Crippen LogP contribution is 2.17. The van der Waals surface area contributed by atoms with Crippen LogP contribution in [-0.2, 0) is 0 Å². The van der Waals surface area contributed by atoms with E-state index in [4.69, 9.17) is 0 Å². The number of para-hydroxylation sites is 1. The molecule has 0 unspecified atom stereocenters. The van der Waals surface area contributed by atoms with Gasteiger partial charge in [-0.3, -0.25) is 9.59 Å². The van der Waals surface area contributed by atoms with Crippen LogP contribution in [0.4, 0.5) is 5.69 Å². The van der Waals surface area contributed by atoms with E-state index in [0.717, 1.165) is 11.3 Å². The van der Waals surface area contributed by atoms with Crippen molar-refractivity contribution >= 4 is 17.5 Å². The van der Waals surface area contributed by atoms with Gasteiger partial charge in [0.05, 0.1) is 23.1 Å². The highest BCUT2D eigenvalue weighted by Gasteiger charge is 2.14. The maximum Gasteiger partial charge on any atom is 0.255 e. The molecule has 1 aromatic heterocycles. The summed E-state index contributed by atoms with van der Waals surface area (Å²) in [4.78, 5) is 25.1. The number of anilines is 1. The third-order valence-corrected chi connectivity index (χ3v) is 4.20. The molecule has 0 saturated heterocycles. The molecule has 0 aliphatic carbocycles. The predicted molar refractivity (Wildman–Crippen MR) is 110 cm³/mol. The van der Waals surface area contributed by atoms with Crippen molar-refractivity contribution in [2.45, 2.75) is 20.8 Å². The summed E-state index contributed by atoms with van der Waals surface area (Å²) in [6, 6.07) is 14.1. The van der Waals surface area contributed by atoms with Crippen molar-refractivity contribution in [3.05, 3.63) is 77.6 Å². The van der Waals surface area contributed by atoms with Crippen molar-refractivity contribution in [2.75, 3.05) is 11.9 Å². The van der Waals surface area contributed by atoms with Gasteiger partial charge in [0.2, 0.25) is 0 Å². The number of nitrogens with zero attached hydrogens (tertiary/aromatic N) is 2. The SMILES string of the molecule is Cc1cnn(-c2ccc(C(=O)Nc3ccccc3C(=O)NCC(C)C)cc2)c1. The van der Waals surface area contributed by atoms with E-state index in [9.17, 15) is 9.59 Å². The van der Waals surface area contributed by atoms with Gasteiger partial charge in [-0.25, -0.2) is 4.68 Å². The van der Waals surface area contributed by atoms with Crippen LogP contribution < -0.4 is 10.6 Å². The number of rotatable bonds is 6. The van der Waals surface area contributed by atoms with Crippen LogP contribution in [0, 0.1) is 12.8 Å². The molecule has 0 atom stereocenters. The van der Waals surface area contributed by atoms with E-state index in [1.54, 1.807) is 47.3 Å². The van der Waals surface area contributed by atoms with Crippen molar-refractivity contribution in [1.82, 2.24) is 15.1 Å². The highest BCUT2D eigenvalue weighted by atomic mass is 16.2. The summed E-state index contributed by atoms with van der Waals surface area (Å²) in [6.07, 6.45) is 3.70. The largest absolute Gasteiger partial charge is 0.352 e. The number of hydrogen-bond acceptors (Lipinski definition) is 3. The van der Waals surface area contributed by atoms with E-state index in [1.807, 2.05) is 39.1 Å². The molecule has 144 valence electrons. The van der Waals surface area contributed by atoms with Crippen LogP contribution >= 0.6 is 0 Å². The Labute approximate surface area is 164 Å². The van der Waals surface area contributed by atoms with Gasteiger partial charge in [0.1, 0.15) is 0 Å².